The number of benzene rings is 1. The van der Waals surface area contributed by atoms with E-state index < -0.39 is 0 Å². The van der Waals surface area contributed by atoms with Crippen LogP contribution in [0.25, 0.3) is 0 Å². The molecular weight excluding hydrogens is 288 g/mol. The highest BCUT2D eigenvalue weighted by molar-refractivity contribution is 6.34. The summed E-state index contributed by atoms with van der Waals surface area (Å²) in [5.41, 5.74) is 8.30. The zero-order valence-electron chi connectivity index (χ0n) is 12.8. The highest BCUT2D eigenvalue weighted by Crippen LogP contribution is 2.34. The smallest absolute Gasteiger partial charge is 0.226 e. The Kier molecular flexibility index (Phi) is 4.96. The van der Waals surface area contributed by atoms with Gasteiger partial charge in [-0.15, -0.1) is 0 Å². The van der Waals surface area contributed by atoms with Crippen LogP contribution in [0.3, 0.4) is 0 Å². The summed E-state index contributed by atoms with van der Waals surface area (Å²) >= 11 is 6.19. The van der Waals surface area contributed by atoms with Gasteiger partial charge in [0.2, 0.25) is 5.91 Å². The Balaban J connectivity index is 2.24. The van der Waals surface area contributed by atoms with Crippen LogP contribution in [-0.4, -0.2) is 44.0 Å². The van der Waals surface area contributed by atoms with Crippen LogP contribution >= 0.6 is 11.6 Å². The molecule has 5 nitrogen and oxygen atoms in total. The molecule has 6 heteroatoms. The number of anilines is 3. The van der Waals surface area contributed by atoms with Crippen LogP contribution in [0.2, 0.25) is 5.02 Å². The minimum Gasteiger partial charge on any atom is -0.397 e. The first-order valence-electron chi connectivity index (χ1n) is 7.22. The number of carbonyl (C=O) groups excluding carboxylic acids is 1. The lowest BCUT2D eigenvalue weighted by atomic mass is 10.1. The number of nitrogens with one attached hydrogen (secondary N) is 1. The minimum absolute atomic E-state index is 0.0500. The standard InChI is InChI=1S/C15H23ClN4O/c1-10(2)15(21)18-13-9-14(12(17)8-11(13)16)20-6-4-19(3)5-7-20/h8-10H,4-7,17H2,1-3H3,(H,18,21). The molecule has 1 saturated heterocycles. The molecule has 116 valence electrons. The van der Waals surface area contributed by atoms with Crippen LogP contribution in [0, 0.1) is 5.92 Å². The Morgan fingerprint density at radius 1 is 1.29 bits per heavy atom. The molecule has 0 aromatic heterocycles. The molecule has 0 radical (unpaired) electrons. The van der Waals surface area contributed by atoms with Crippen molar-refractivity contribution in [3.05, 3.63) is 17.2 Å². The van der Waals surface area contributed by atoms with Gasteiger partial charge in [0.1, 0.15) is 0 Å². The normalized spacial score (nSPS) is 16.3. The molecule has 1 aromatic carbocycles. The third-order valence-corrected chi connectivity index (χ3v) is 4.06. The van der Waals surface area contributed by atoms with Crippen molar-refractivity contribution >= 4 is 34.6 Å². The molecule has 1 aromatic rings. The van der Waals surface area contributed by atoms with Crippen LogP contribution in [0.4, 0.5) is 17.1 Å². The third-order valence-electron chi connectivity index (χ3n) is 3.74. The molecule has 1 heterocycles. The second-order valence-corrected chi connectivity index (χ2v) is 6.23. The lowest BCUT2D eigenvalue weighted by Crippen LogP contribution is -2.44. The maximum absolute atomic E-state index is 11.9. The fourth-order valence-corrected chi connectivity index (χ4v) is 2.49. The van der Waals surface area contributed by atoms with E-state index in [9.17, 15) is 4.79 Å². The molecule has 0 spiro atoms. The molecule has 0 unspecified atom stereocenters. The molecule has 2 rings (SSSR count). The van der Waals surface area contributed by atoms with Crippen molar-refractivity contribution in [3.8, 4) is 0 Å². The molecule has 3 N–H and O–H groups in total. The number of likely N-dealkylation sites (N-methyl/N-ethyl adjacent to an activating group) is 1. The van der Waals surface area contributed by atoms with Crippen LogP contribution in [-0.2, 0) is 4.79 Å². The highest BCUT2D eigenvalue weighted by atomic mass is 35.5. The van der Waals surface area contributed by atoms with E-state index in [-0.39, 0.29) is 11.8 Å². The van der Waals surface area contributed by atoms with Crippen LogP contribution in [0.5, 0.6) is 0 Å². The van der Waals surface area contributed by atoms with Gasteiger partial charge >= 0.3 is 0 Å². The van der Waals surface area contributed by atoms with E-state index in [1.807, 2.05) is 19.9 Å². The SMILES string of the molecule is CC(C)C(=O)Nc1cc(N2CCN(C)CC2)c(N)cc1Cl. The summed E-state index contributed by atoms with van der Waals surface area (Å²) in [7, 11) is 2.11. The van der Waals surface area contributed by atoms with E-state index in [1.54, 1.807) is 6.07 Å². The summed E-state index contributed by atoms with van der Waals surface area (Å²) in [5.74, 6) is -0.142. The lowest BCUT2D eigenvalue weighted by Gasteiger charge is -2.35. The number of hydrogen-bond donors (Lipinski definition) is 2. The number of nitrogens with zero attached hydrogens (tertiary/aromatic N) is 2. The van der Waals surface area contributed by atoms with E-state index in [0.717, 1.165) is 31.9 Å². The quantitative estimate of drug-likeness (QED) is 0.841. The number of amides is 1. The summed E-state index contributed by atoms with van der Waals surface area (Å²) < 4.78 is 0. The zero-order valence-corrected chi connectivity index (χ0v) is 13.6. The molecule has 0 bridgehead atoms. The zero-order chi connectivity index (χ0) is 15.6. The molecule has 0 atom stereocenters. The van der Waals surface area contributed by atoms with Crippen molar-refractivity contribution in [3.63, 3.8) is 0 Å². The van der Waals surface area contributed by atoms with Crippen LogP contribution in [0.1, 0.15) is 13.8 Å². The Hall–Kier alpha value is -1.46. The predicted molar refractivity (Wildman–Crippen MR) is 89.0 cm³/mol. The Morgan fingerprint density at radius 2 is 1.90 bits per heavy atom. The maximum Gasteiger partial charge on any atom is 0.226 e. The maximum atomic E-state index is 11.9. The van der Waals surface area contributed by atoms with Gasteiger partial charge in [-0.3, -0.25) is 4.79 Å². The molecule has 0 aliphatic carbocycles. The van der Waals surface area contributed by atoms with Crippen molar-refractivity contribution in [2.45, 2.75) is 13.8 Å². The highest BCUT2D eigenvalue weighted by Gasteiger charge is 2.19. The number of piperazine rings is 1. The number of nitrogens with two attached hydrogens (primary N) is 1. The summed E-state index contributed by atoms with van der Waals surface area (Å²) in [6.07, 6.45) is 0. The van der Waals surface area contributed by atoms with Crippen LogP contribution < -0.4 is 16.0 Å². The van der Waals surface area contributed by atoms with Gasteiger partial charge in [0.05, 0.1) is 22.1 Å². The molecule has 1 aliphatic heterocycles. The average molecular weight is 311 g/mol. The van der Waals surface area contributed by atoms with Gasteiger partial charge in [-0.05, 0) is 19.2 Å². The fraction of sp³-hybridized carbons (Fsp3) is 0.533. The summed E-state index contributed by atoms with van der Waals surface area (Å²) in [5, 5.41) is 3.33. The predicted octanol–water partition coefficient (Wildman–Crippen LogP) is 2.27. The molecule has 0 saturated carbocycles. The van der Waals surface area contributed by atoms with E-state index in [1.165, 1.54) is 0 Å². The number of halogens is 1. The van der Waals surface area contributed by atoms with Crippen molar-refractivity contribution < 1.29 is 4.79 Å². The lowest BCUT2D eigenvalue weighted by molar-refractivity contribution is -0.118. The number of nitrogen functional groups attached to an aromatic ring is 1. The van der Waals surface area contributed by atoms with Crippen molar-refractivity contribution in [2.75, 3.05) is 49.2 Å². The molecule has 21 heavy (non-hydrogen) atoms. The van der Waals surface area contributed by atoms with Gasteiger partial charge in [0, 0.05) is 32.1 Å². The molecule has 1 fully saturated rings. The monoisotopic (exact) mass is 310 g/mol. The number of rotatable bonds is 3. The second kappa shape index (κ2) is 6.54. The van der Waals surface area contributed by atoms with Gasteiger partial charge in [-0.25, -0.2) is 0 Å². The van der Waals surface area contributed by atoms with Gasteiger partial charge in [0.25, 0.3) is 0 Å². The Morgan fingerprint density at radius 3 is 2.48 bits per heavy atom. The van der Waals surface area contributed by atoms with E-state index in [4.69, 9.17) is 17.3 Å². The summed E-state index contributed by atoms with van der Waals surface area (Å²) in [4.78, 5) is 16.4. The topological polar surface area (TPSA) is 61.6 Å². The first-order chi connectivity index (χ1) is 9.88. The molecular formula is C15H23ClN4O. The second-order valence-electron chi connectivity index (χ2n) is 5.83. The van der Waals surface area contributed by atoms with Gasteiger partial charge < -0.3 is 20.9 Å². The summed E-state index contributed by atoms with van der Waals surface area (Å²) in [6, 6.07) is 3.59. The first-order valence-corrected chi connectivity index (χ1v) is 7.59. The van der Waals surface area contributed by atoms with E-state index >= 15 is 0 Å². The molecule has 1 amide bonds. The Bertz CT molecular complexity index is 525. The molecule has 1 aliphatic rings. The summed E-state index contributed by atoms with van der Waals surface area (Å²) in [6.45, 7) is 7.52. The largest absolute Gasteiger partial charge is 0.397 e. The van der Waals surface area contributed by atoms with Crippen molar-refractivity contribution in [2.24, 2.45) is 5.92 Å². The van der Waals surface area contributed by atoms with Crippen LogP contribution in [0.15, 0.2) is 12.1 Å². The number of hydrogen-bond acceptors (Lipinski definition) is 4. The van der Waals surface area contributed by atoms with E-state index in [0.29, 0.717) is 16.4 Å². The minimum atomic E-state index is -0.0919. The number of carbonyl (C=O) groups is 1. The third kappa shape index (κ3) is 3.80. The Labute approximate surface area is 131 Å². The van der Waals surface area contributed by atoms with Gasteiger partial charge in [-0.2, -0.15) is 0 Å². The van der Waals surface area contributed by atoms with Gasteiger partial charge in [0.15, 0.2) is 0 Å². The fourth-order valence-electron chi connectivity index (χ4n) is 2.27. The first kappa shape index (κ1) is 15.9. The van der Waals surface area contributed by atoms with Crippen molar-refractivity contribution in [1.82, 2.24) is 4.90 Å². The van der Waals surface area contributed by atoms with E-state index in [2.05, 4.69) is 22.2 Å². The average Bonchev–Trinajstić information content (AvgIpc) is 2.42. The van der Waals surface area contributed by atoms with Gasteiger partial charge in [-0.1, -0.05) is 25.4 Å². The van der Waals surface area contributed by atoms with Crippen molar-refractivity contribution in [1.29, 1.82) is 0 Å².